The summed E-state index contributed by atoms with van der Waals surface area (Å²) in [7, 11) is 0. The van der Waals surface area contributed by atoms with Crippen LogP contribution in [0, 0.1) is 22.0 Å². The highest BCUT2D eigenvalue weighted by Gasteiger charge is 2.46. The summed E-state index contributed by atoms with van der Waals surface area (Å²) in [4.78, 5) is 47.7. The Kier molecular flexibility index (Phi) is 5.11. The molecule has 0 aromatic heterocycles. The second kappa shape index (κ2) is 7.47. The number of carbonyl (C=O) groups excluding carboxylic acids is 3. The molecular weight excluding hydrogens is 340 g/mol. The number of allylic oxidation sites excluding steroid dienone is 2. The van der Waals surface area contributed by atoms with Gasteiger partial charge in [0.2, 0.25) is 11.8 Å². The third-order valence-electron chi connectivity index (χ3n) is 4.69. The van der Waals surface area contributed by atoms with Gasteiger partial charge in [0, 0.05) is 18.7 Å². The number of ether oxygens (including phenoxy) is 1. The molecule has 136 valence electrons. The maximum Gasteiger partial charge on any atom is 0.307 e. The SMILES string of the molecule is O=C(CCN1C(=O)[C@H]2CC=CC[C@@H]2C1=O)OCc1ccc([N+](=O)[O-])cc1. The van der Waals surface area contributed by atoms with Crippen molar-refractivity contribution < 1.29 is 24.0 Å². The summed E-state index contributed by atoms with van der Waals surface area (Å²) < 4.78 is 5.11. The van der Waals surface area contributed by atoms with E-state index in [4.69, 9.17) is 4.74 Å². The minimum Gasteiger partial charge on any atom is -0.461 e. The van der Waals surface area contributed by atoms with Gasteiger partial charge in [-0.3, -0.25) is 29.4 Å². The molecule has 2 atom stereocenters. The van der Waals surface area contributed by atoms with Gasteiger partial charge < -0.3 is 4.74 Å². The number of nitrogens with zero attached hydrogens (tertiary/aromatic N) is 2. The summed E-state index contributed by atoms with van der Waals surface area (Å²) in [5.74, 6) is -1.57. The lowest BCUT2D eigenvalue weighted by Gasteiger charge is -2.14. The van der Waals surface area contributed by atoms with E-state index in [1.165, 1.54) is 24.3 Å². The minimum atomic E-state index is -0.531. The number of non-ortho nitro benzene ring substituents is 1. The maximum absolute atomic E-state index is 12.3. The van der Waals surface area contributed by atoms with Gasteiger partial charge in [-0.25, -0.2) is 0 Å². The number of benzene rings is 1. The lowest BCUT2D eigenvalue weighted by molar-refractivity contribution is -0.384. The number of carbonyl (C=O) groups is 3. The Bertz CT molecular complexity index is 744. The molecular formula is C18H18N2O6. The summed E-state index contributed by atoms with van der Waals surface area (Å²) >= 11 is 0. The van der Waals surface area contributed by atoms with Crippen molar-refractivity contribution in [3.05, 3.63) is 52.1 Å². The van der Waals surface area contributed by atoms with Gasteiger partial charge in [-0.05, 0) is 30.5 Å². The standard InChI is InChI=1S/C18H18N2O6/c21-16(26-11-12-5-7-13(8-6-12)20(24)25)9-10-19-17(22)14-3-1-2-4-15(14)18(19)23/h1-2,5-8,14-15H,3-4,9-11H2/t14-,15-/m0/s1. The number of hydrogen-bond acceptors (Lipinski definition) is 6. The van der Waals surface area contributed by atoms with Crippen LogP contribution in [-0.4, -0.2) is 34.2 Å². The Morgan fingerprint density at radius 3 is 2.23 bits per heavy atom. The van der Waals surface area contributed by atoms with E-state index in [0.29, 0.717) is 18.4 Å². The summed E-state index contributed by atoms with van der Waals surface area (Å²) in [5, 5.41) is 10.6. The quantitative estimate of drug-likeness (QED) is 0.253. The van der Waals surface area contributed by atoms with Gasteiger partial charge >= 0.3 is 5.97 Å². The third-order valence-corrected chi connectivity index (χ3v) is 4.69. The molecule has 1 aromatic rings. The van der Waals surface area contributed by atoms with Crippen molar-refractivity contribution in [3.8, 4) is 0 Å². The van der Waals surface area contributed by atoms with Crippen LogP contribution in [0.2, 0.25) is 0 Å². The lowest BCUT2D eigenvalue weighted by atomic mass is 9.85. The van der Waals surface area contributed by atoms with Gasteiger partial charge in [0.05, 0.1) is 23.2 Å². The molecule has 8 heteroatoms. The Labute approximate surface area is 149 Å². The molecule has 1 aliphatic carbocycles. The summed E-state index contributed by atoms with van der Waals surface area (Å²) in [6.45, 7) is -0.00233. The fraction of sp³-hybridized carbons (Fsp3) is 0.389. The zero-order valence-electron chi connectivity index (χ0n) is 14.0. The minimum absolute atomic E-state index is 0.0176. The number of nitro groups is 1. The molecule has 0 bridgehead atoms. The van der Waals surface area contributed by atoms with E-state index in [0.717, 1.165) is 4.90 Å². The van der Waals surface area contributed by atoms with Crippen LogP contribution < -0.4 is 0 Å². The number of esters is 1. The number of likely N-dealkylation sites (tertiary alicyclic amines) is 1. The van der Waals surface area contributed by atoms with E-state index in [2.05, 4.69) is 0 Å². The second-order valence-corrected chi connectivity index (χ2v) is 6.32. The molecule has 1 saturated heterocycles. The number of nitro benzene ring substituents is 1. The van der Waals surface area contributed by atoms with Crippen LogP contribution in [0.5, 0.6) is 0 Å². The van der Waals surface area contributed by atoms with E-state index in [1.54, 1.807) is 0 Å². The van der Waals surface area contributed by atoms with Gasteiger partial charge in [-0.15, -0.1) is 0 Å². The molecule has 2 aliphatic rings. The van der Waals surface area contributed by atoms with Crippen LogP contribution in [0.1, 0.15) is 24.8 Å². The van der Waals surface area contributed by atoms with Gasteiger partial charge in [0.1, 0.15) is 6.61 Å². The molecule has 1 aliphatic heterocycles. The molecule has 0 saturated carbocycles. The lowest BCUT2D eigenvalue weighted by Crippen LogP contribution is -2.33. The Balaban J connectivity index is 1.47. The zero-order chi connectivity index (χ0) is 18.7. The highest BCUT2D eigenvalue weighted by atomic mass is 16.6. The summed E-state index contributed by atoms with van der Waals surface area (Å²) in [6, 6.07) is 5.69. The van der Waals surface area contributed by atoms with Crippen molar-refractivity contribution in [3.63, 3.8) is 0 Å². The fourth-order valence-corrected chi connectivity index (χ4v) is 3.24. The number of rotatable bonds is 6. The van der Waals surface area contributed by atoms with Crippen LogP contribution in [0.15, 0.2) is 36.4 Å². The molecule has 0 N–H and O–H groups in total. The van der Waals surface area contributed by atoms with Crippen LogP contribution in [0.25, 0.3) is 0 Å². The average molecular weight is 358 g/mol. The van der Waals surface area contributed by atoms with Gasteiger partial charge in [-0.1, -0.05) is 12.2 Å². The molecule has 3 rings (SSSR count). The first-order valence-corrected chi connectivity index (χ1v) is 8.36. The van der Waals surface area contributed by atoms with Gasteiger partial charge in [0.25, 0.3) is 5.69 Å². The zero-order valence-corrected chi connectivity index (χ0v) is 14.0. The predicted molar refractivity (Wildman–Crippen MR) is 89.6 cm³/mol. The monoisotopic (exact) mass is 358 g/mol. The smallest absolute Gasteiger partial charge is 0.307 e. The van der Waals surface area contributed by atoms with Crippen LogP contribution in [-0.2, 0) is 25.7 Å². The second-order valence-electron chi connectivity index (χ2n) is 6.32. The molecule has 0 spiro atoms. The predicted octanol–water partition coefficient (Wildman–Crippen LogP) is 1.98. The van der Waals surface area contributed by atoms with Crippen molar-refractivity contribution in [2.75, 3.05) is 6.54 Å². The maximum atomic E-state index is 12.3. The molecule has 26 heavy (non-hydrogen) atoms. The Morgan fingerprint density at radius 1 is 1.12 bits per heavy atom. The van der Waals surface area contributed by atoms with Crippen LogP contribution >= 0.6 is 0 Å². The average Bonchev–Trinajstić information content (AvgIpc) is 2.89. The first kappa shape index (κ1) is 17.8. The highest BCUT2D eigenvalue weighted by molar-refractivity contribution is 6.05. The number of hydrogen-bond donors (Lipinski definition) is 0. The summed E-state index contributed by atoms with van der Waals surface area (Å²) in [5.41, 5.74) is 0.580. The van der Waals surface area contributed by atoms with Crippen molar-refractivity contribution >= 4 is 23.5 Å². The molecule has 1 aromatic carbocycles. The van der Waals surface area contributed by atoms with Gasteiger partial charge in [0.15, 0.2) is 0 Å². The molecule has 1 heterocycles. The van der Waals surface area contributed by atoms with Crippen molar-refractivity contribution in [1.29, 1.82) is 0 Å². The molecule has 0 unspecified atom stereocenters. The van der Waals surface area contributed by atoms with E-state index < -0.39 is 10.9 Å². The molecule has 2 amide bonds. The highest BCUT2D eigenvalue weighted by Crippen LogP contribution is 2.35. The van der Waals surface area contributed by atoms with E-state index in [-0.39, 0.29) is 48.9 Å². The molecule has 8 nitrogen and oxygen atoms in total. The van der Waals surface area contributed by atoms with E-state index in [9.17, 15) is 24.5 Å². The first-order chi connectivity index (χ1) is 12.5. The normalized spacial score (nSPS) is 21.6. The van der Waals surface area contributed by atoms with Crippen molar-refractivity contribution in [2.45, 2.75) is 25.9 Å². The van der Waals surface area contributed by atoms with Crippen LogP contribution in [0.3, 0.4) is 0 Å². The fourth-order valence-electron chi connectivity index (χ4n) is 3.24. The largest absolute Gasteiger partial charge is 0.461 e. The van der Waals surface area contributed by atoms with E-state index >= 15 is 0 Å². The van der Waals surface area contributed by atoms with Crippen molar-refractivity contribution in [2.24, 2.45) is 11.8 Å². The Hall–Kier alpha value is -3.03. The Morgan fingerprint density at radius 2 is 1.69 bits per heavy atom. The summed E-state index contributed by atoms with van der Waals surface area (Å²) in [6.07, 6.45) is 4.88. The molecule has 0 radical (unpaired) electrons. The van der Waals surface area contributed by atoms with Crippen LogP contribution in [0.4, 0.5) is 5.69 Å². The van der Waals surface area contributed by atoms with Crippen molar-refractivity contribution in [1.82, 2.24) is 4.90 Å². The molecule has 1 fully saturated rings. The van der Waals surface area contributed by atoms with Gasteiger partial charge in [-0.2, -0.15) is 0 Å². The number of amides is 2. The number of imide groups is 1. The number of fused-ring (bicyclic) bond motifs is 1. The topological polar surface area (TPSA) is 107 Å². The van der Waals surface area contributed by atoms with E-state index in [1.807, 2.05) is 12.2 Å². The first-order valence-electron chi connectivity index (χ1n) is 8.36. The third kappa shape index (κ3) is 3.63.